The van der Waals surface area contributed by atoms with E-state index in [0.29, 0.717) is 11.8 Å². The van der Waals surface area contributed by atoms with E-state index in [9.17, 15) is 4.79 Å². The van der Waals surface area contributed by atoms with Crippen molar-refractivity contribution in [1.82, 2.24) is 5.43 Å². The molecule has 0 spiro atoms. The zero-order valence-corrected chi connectivity index (χ0v) is 12.5. The van der Waals surface area contributed by atoms with Crippen molar-refractivity contribution in [1.29, 1.82) is 0 Å². The van der Waals surface area contributed by atoms with Crippen LogP contribution in [0.2, 0.25) is 0 Å². The normalized spacial score (nSPS) is 28.1. The molecule has 0 radical (unpaired) electrons. The number of nitrogens with one attached hydrogen (secondary N) is 1. The van der Waals surface area contributed by atoms with Crippen LogP contribution in [-0.2, 0) is 4.79 Å². The van der Waals surface area contributed by atoms with Crippen molar-refractivity contribution >= 4 is 23.9 Å². The monoisotopic (exact) mass is 288 g/mol. The summed E-state index contributed by atoms with van der Waals surface area (Å²) in [6.07, 6.45) is 8.80. The highest BCUT2D eigenvalue weighted by molar-refractivity contribution is 7.98. The highest BCUT2D eigenvalue weighted by Gasteiger charge is 2.54. The second kappa shape index (κ2) is 6.00. The van der Waals surface area contributed by atoms with Crippen molar-refractivity contribution in [2.75, 3.05) is 6.26 Å². The quantitative estimate of drug-likeness (QED) is 0.525. The standard InChI is InChI=1S/C16H20N2OS/c1-20-12-8-6-11(7-9-12)10-17-18-16(19)15-13-4-2-3-5-14(13)15/h6-10,13-15H,2-5H2,1H3,(H,18,19)/t13-,14-/m0/s1. The number of carbonyl (C=O) groups is 1. The Morgan fingerprint density at radius 3 is 2.50 bits per heavy atom. The Balaban J connectivity index is 1.51. The molecule has 3 rings (SSSR count). The first-order valence-electron chi connectivity index (χ1n) is 7.26. The van der Waals surface area contributed by atoms with E-state index in [1.54, 1.807) is 18.0 Å². The summed E-state index contributed by atoms with van der Waals surface area (Å²) < 4.78 is 0. The minimum Gasteiger partial charge on any atom is -0.273 e. The van der Waals surface area contributed by atoms with Crippen molar-refractivity contribution < 1.29 is 4.79 Å². The van der Waals surface area contributed by atoms with Gasteiger partial charge in [0.25, 0.3) is 0 Å². The lowest BCUT2D eigenvalue weighted by Gasteiger charge is -2.04. The summed E-state index contributed by atoms with van der Waals surface area (Å²) in [5.41, 5.74) is 3.71. The summed E-state index contributed by atoms with van der Waals surface area (Å²) >= 11 is 1.72. The molecule has 3 nitrogen and oxygen atoms in total. The Hall–Kier alpha value is -1.29. The minimum absolute atomic E-state index is 0.110. The third kappa shape index (κ3) is 2.90. The lowest BCUT2D eigenvalue weighted by atomic mass is 10.0. The second-order valence-electron chi connectivity index (χ2n) is 5.65. The van der Waals surface area contributed by atoms with E-state index in [0.717, 1.165) is 5.56 Å². The number of benzene rings is 1. The van der Waals surface area contributed by atoms with Crippen LogP contribution in [0.4, 0.5) is 0 Å². The predicted octanol–water partition coefficient (Wildman–Crippen LogP) is 3.29. The number of hydrogen-bond acceptors (Lipinski definition) is 3. The van der Waals surface area contributed by atoms with E-state index in [1.807, 2.05) is 12.1 Å². The predicted molar refractivity (Wildman–Crippen MR) is 82.9 cm³/mol. The Morgan fingerprint density at radius 2 is 1.90 bits per heavy atom. The van der Waals surface area contributed by atoms with Crippen LogP contribution < -0.4 is 5.43 Å². The maximum atomic E-state index is 12.0. The maximum absolute atomic E-state index is 12.0. The van der Waals surface area contributed by atoms with Gasteiger partial charge in [0, 0.05) is 10.8 Å². The maximum Gasteiger partial charge on any atom is 0.243 e. The Morgan fingerprint density at radius 1 is 1.25 bits per heavy atom. The van der Waals surface area contributed by atoms with E-state index in [4.69, 9.17) is 0 Å². The van der Waals surface area contributed by atoms with Crippen molar-refractivity contribution in [2.45, 2.75) is 30.6 Å². The molecule has 2 saturated carbocycles. The molecule has 0 saturated heterocycles. The molecule has 4 heteroatoms. The van der Waals surface area contributed by atoms with Crippen molar-refractivity contribution in [3.8, 4) is 0 Å². The first-order chi connectivity index (χ1) is 9.79. The minimum atomic E-state index is 0.110. The SMILES string of the molecule is CSc1ccc(C=NNC(=O)C2[C@H]3CCCC[C@H]23)cc1. The van der Waals surface area contributed by atoms with Crippen LogP contribution in [0, 0.1) is 17.8 Å². The van der Waals surface area contributed by atoms with E-state index < -0.39 is 0 Å². The molecule has 0 aromatic heterocycles. The van der Waals surface area contributed by atoms with Gasteiger partial charge in [-0.25, -0.2) is 5.43 Å². The molecule has 1 amide bonds. The highest BCUT2D eigenvalue weighted by Crippen LogP contribution is 2.55. The molecule has 2 fully saturated rings. The van der Waals surface area contributed by atoms with Crippen LogP contribution in [0.5, 0.6) is 0 Å². The van der Waals surface area contributed by atoms with E-state index in [1.165, 1.54) is 30.6 Å². The lowest BCUT2D eigenvalue weighted by molar-refractivity contribution is -0.122. The fourth-order valence-corrected chi connectivity index (χ4v) is 3.72. The number of nitrogens with zero attached hydrogens (tertiary/aromatic N) is 1. The topological polar surface area (TPSA) is 41.5 Å². The van der Waals surface area contributed by atoms with E-state index in [2.05, 4.69) is 28.9 Å². The van der Waals surface area contributed by atoms with Gasteiger partial charge in [-0.3, -0.25) is 4.79 Å². The van der Waals surface area contributed by atoms with E-state index in [-0.39, 0.29) is 11.8 Å². The number of amides is 1. The lowest BCUT2D eigenvalue weighted by Crippen LogP contribution is -2.20. The largest absolute Gasteiger partial charge is 0.273 e. The summed E-state index contributed by atoms with van der Waals surface area (Å²) in [7, 11) is 0. The average molecular weight is 288 g/mol. The van der Waals surface area contributed by atoms with Crippen LogP contribution in [-0.4, -0.2) is 18.4 Å². The number of rotatable bonds is 4. The molecule has 2 aliphatic carbocycles. The van der Waals surface area contributed by atoms with Gasteiger partial charge >= 0.3 is 0 Å². The Labute approximate surface area is 124 Å². The molecule has 0 aliphatic heterocycles. The van der Waals surface area contributed by atoms with Gasteiger partial charge in [0.15, 0.2) is 0 Å². The molecule has 1 N–H and O–H groups in total. The molecule has 2 aliphatic rings. The molecule has 0 unspecified atom stereocenters. The first kappa shape index (κ1) is 13.7. The molecule has 20 heavy (non-hydrogen) atoms. The molecule has 1 aromatic rings. The van der Waals surface area contributed by atoms with Crippen LogP contribution in [0.1, 0.15) is 31.2 Å². The molecule has 0 heterocycles. The number of hydrazone groups is 1. The molecular formula is C16H20N2OS. The summed E-state index contributed by atoms with van der Waals surface area (Å²) in [5.74, 6) is 1.62. The van der Waals surface area contributed by atoms with Gasteiger partial charge in [0.05, 0.1) is 6.21 Å². The molecule has 1 aromatic carbocycles. The van der Waals surface area contributed by atoms with Gasteiger partial charge in [-0.15, -0.1) is 11.8 Å². The third-order valence-corrected chi connectivity index (χ3v) is 5.21. The summed E-state index contributed by atoms with van der Waals surface area (Å²) in [6, 6.07) is 8.14. The van der Waals surface area contributed by atoms with Gasteiger partial charge in [-0.1, -0.05) is 25.0 Å². The van der Waals surface area contributed by atoms with Gasteiger partial charge in [-0.05, 0) is 48.6 Å². The number of hydrogen-bond donors (Lipinski definition) is 1. The number of fused-ring (bicyclic) bond motifs is 1. The Kier molecular flexibility index (Phi) is 4.10. The third-order valence-electron chi connectivity index (χ3n) is 4.46. The smallest absolute Gasteiger partial charge is 0.243 e. The van der Waals surface area contributed by atoms with Gasteiger partial charge in [0.2, 0.25) is 5.91 Å². The number of thioether (sulfide) groups is 1. The van der Waals surface area contributed by atoms with Crippen molar-refractivity contribution in [3.05, 3.63) is 29.8 Å². The van der Waals surface area contributed by atoms with Crippen molar-refractivity contribution in [3.63, 3.8) is 0 Å². The molecule has 106 valence electrons. The molecular weight excluding hydrogens is 268 g/mol. The zero-order chi connectivity index (χ0) is 13.9. The summed E-state index contributed by atoms with van der Waals surface area (Å²) in [4.78, 5) is 13.3. The average Bonchev–Trinajstić information content (AvgIpc) is 3.22. The van der Waals surface area contributed by atoms with Crippen LogP contribution in [0.3, 0.4) is 0 Å². The molecule has 0 bridgehead atoms. The second-order valence-corrected chi connectivity index (χ2v) is 6.53. The number of carbonyl (C=O) groups excluding carboxylic acids is 1. The fraction of sp³-hybridized carbons (Fsp3) is 0.500. The summed E-state index contributed by atoms with van der Waals surface area (Å²) in [6.45, 7) is 0. The van der Waals surface area contributed by atoms with E-state index >= 15 is 0 Å². The van der Waals surface area contributed by atoms with Crippen LogP contribution in [0.15, 0.2) is 34.3 Å². The van der Waals surface area contributed by atoms with Crippen LogP contribution in [0.25, 0.3) is 0 Å². The van der Waals surface area contributed by atoms with Gasteiger partial charge in [0.1, 0.15) is 0 Å². The molecule has 2 atom stereocenters. The van der Waals surface area contributed by atoms with Gasteiger partial charge < -0.3 is 0 Å². The van der Waals surface area contributed by atoms with Crippen molar-refractivity contribution in [2.24, 2.45) is 22.9 Å². The first-order valence-corrected chi connectivity index (χ1v) is 8.49. The van der Waals surface area contributed by atoms with Gasteiger partial charge in [-0.2, -0.15) is 5.10 Å². The zero-order valence-electron chi connectivity index (χ0n) is 11.7. The summed E-state index contributed by atoms with van der Waals surface area (Å²) in [5, 5.41) is 4.08. The Bertz CT molecular complexity index is 500. The fourth-order valence-electron chi connectivity index (χ4n) is 3.32. The highest BCUT2D eigenvalue weighted by atomic mass is 32.2. The van der Waals surface area contributed by atoms with Crippen LogP contribution >= 0.6 is 11.8 Å².